The number of benzene rings is 2. The zero-order valence-corrected chi connectivity index (χ0v) is 18.4. The molecule has 0 heterocycles. The quantitative estimate of drug-likeness (QED) is 0.431. The van der Waals surface area contributed by atoms with Crippen molar-refractivity contribution in [1.29, 1.82) is 0 Å². The van der Waals surface area contributed by atoms with E-state index >= 15 is 0 Å². The second-order valence-electron chi connectivity index (χ2n) is 7.95. The van der Waals surface area contributed by atoms with Gasteiger partial charge in [0.25, 0.3) is 0 Å². The molecule has 0 aliphatic heterocycles. The molecule has 0 nitrogen and oxygen atoms in total. The maximum Gasteiger partial charge on any atom is 0.0722 e. The van der Waals surface area contributed by atoms with Crippen molar-refractivity contribution in [2.75, 3.05) is 0 Å². The number of hydrogen-bond acceptors (Lipinski definition) is 0. The minimum Gasteiger partial charge on any atom is -0.0837 e. The lowest BCUT2D eigenvalue weighted by Gasteiger charge is -2.39. The minimum absolute atomic E-state index is 0.513. The Kier molecular flexibility index (Phi) is 4.14. The Bertz CT molecular complexity index is 864. The van der Waals surface area contributed by atoms with Crippen molar-refractivity contribution in [3.63, 3.8) is 0 Å². The maximum absolute atomic E-state index is 6.49. The van der Waals surface area contributed by atoms with Gasteiger partial charge in [-0.2, -0.15) is 0 Å². The fourth-order valence-corrected chi connectivity index (χ4v) is 10.9. The van der Waals surface area contributed by atoms with Crippen molar-refractivity contribution >= 4 is 47.8 Å². The van der Waals surface area contributed by atoms with Crippen LogP contribution >= 0.6 is 27.5 Å². The second-order valence-corrected chi connectivity index (χ2v) is 14.0. The molecule has 0 amide bonds. The summed E-state index contributed by atoms with van der Waals surface area (Å²) >= 11 is 10.2. The predicted octanol–water partition coefficient (Wildman–Crippen LogP) is 7.59. The lowest BCUT2D eigenvalue weighted by atomic mass is 10.1. The molecule has 0 saturated heterocycles. The molecule has 25 heavy (non-hydrogen) atoms. The molecule has 2 aliphatic carbocycles. The average molecular weight is 430 g/mol. The molecule has 128 valence electrons. The van der Waals surface area contributed by atoms with Gasteiger partial charge in [-0.15, -0.1) is 0 Å². The average Bonchev–Trinajstić information content (AvgIpc) is 3.06. The van der Waals surface area contributed by atoms with E-state index < -0.39 is 8.07 Å². The zero-order chi connectivity index (χ0) is 17.9. The normalized spacial score (nSPS) is 21.7. The molecule has 3 heteroatoms. The number of fused-ring (bicyclic) bond motifs is 2. The van der Waals surface area contributed by atoms with Crippen molar-refractivity contribution in [3.8, 4) is 0 Å². The SMILES string of the molecule is CC1=Cc2c(Cl)cccc2C1[Si](C)(C)C1C(C)=Cc2c(Br)cccc21. The van der Waals surface area contributed by atoms with E-state index in [1.807, 2.05) is 6.07 Å². The lowest BCUT2D eigenvalue weighted by Crippen LogP contribution is -2.42. The number of halogens is 2. The van der Waals surface area contributed by atoms with Crippen LogP contribution in [0, 0.1) is 0 Å². The highest BCUT2D eigenvalue weighted by atomic mass is 79.9. The summed E-state index contributed by atoms with van der Waals surface area (Å²) in [4.78, 5) is 0. The van der Waals surface area contributed by atoms with Gasteiger partial charge in [-0.25, -0.2) is 0 Å². The molecule has 0 bridgehead atoms. The van der Waals surface area contributed by atoms with E-state index in [1.165, 1.54) is 37.9 Å². The van der Waals surface area contributed by atoms with Gasteiger partial charge in [0.15, 0.2) is 0 Å². The molecular weight excluding hydrogens is 408 g/mol. The van der Waals surface area contributed by atoms with Gasteiger partial charge in [-0.1, -0.05) is 88.2 Å². The van der Waals surface area contributed by atoms with Gasteiger partial charge in [-0.3, -0.25) is 0 Å². The fraction of sp³-hybridized carbons (Fsp3) is 0.273. The van der Waals surface area contributed by atoms with Crippen LogP contribution in [0.5, 0.6) is 0 Å². The van der Waals surface area contributed by atoms with Gasteiger partial charge in [0.1, 0.15) is 0 Å². The molecule has 2 aliphatic rings. The molecule has 4 rings (SSSR count). The van der Waals surface area contributed by atoms with E-state index in [-0.39, 0.29) is 0 Å². The van der Waals surface area contributed by atoms with E-state index in [4.69, 9.17) is 11.6 Å². The van der Waals surface area contributed by atoms with Crippen molar-refractivity contribution < 1.29 is 0 Å². The van der Waals surface area contributed by atoms with Crippen LogP contribution in [0.2, 0.25) is 18.1 Å². The fourth-order valence-electron chi connectivity index (χ4n) is 5.17. The van der Waals surface area contributed by atoms with E-state index in [0.717, 1.165) is 5.02 Å². The Morgan fingerprint density at radius 1 is 0.840 bits per heavy atom. The molecule has 2 atom stereocenters. The maximum atomic E-state index is 6.49. The summed E-state index contributed by atoms with van der Waals surface area (Å²) in [5.41, 5.74) is 9.55. The van der Waals surface area contributed by atoms with Crippen LogP contribution in [0.1, 0.15) is 47.2 Å². The van der Waals surface area contributed by atoms with Crippen molar-refractivity contribution in [2.24, 2.45) is 0 Å². The molecule has 2 unspecified atom stereocenters. The van der Waals surface area contributed by atoms with Crippen LogP contribution in [-0.2, 0) is 0 Å². The highest BCUT2D eigenvalue weighted by Crippen LogP contribution is 2.53. The Morgan fingerprint density at radius 3 is 2.00 bits per heavy atom. The first kappa shape index (κ1) is 17.3. The largest absolute Gasteiger partial charge is 0.0837 e. The smallest absolute Gasteiger partial charge is 0.0722 e. The van der Waals surface area contributed by atoms with Crippen LogP contribution in [0.3, 0.4) is 0 Å². The highest BCUT2D eigenvalue weighted by molar-refractivity contribution is 9.10. The van der Waals surface area contributed by atoms with Gasteiger partial charge in [-0.05, 0) is 48.2 Å². The van der Waals surface area contributed by atoms with Crippen molar-refractivity contribution in [2.45, 2.75) is 38.0 Å². The van der Waals surface area contributed by atoms with Crippen LogP contribution in [0.25, 0.3) is 12.2 Å². The molecule has 0 fully saturated rings. The number of rotatable bonds is 2. The molecule has 0 aromatic heterocycles. The van der Waals surface area contributed by atoms with Crippen molar-refractivity contribution in [1.82, 2.24) is 0 Å². The van der Waals surface area contributed by atoms with Gasteiger partial charge >= 0.3 is 0 Å². The summed E-state index contributed by atoms with van der Waals surface area (Å²) in [6, 6.07) is 13.0. The molecule has 0 N–H and O–H groups in total. The van der Waals surface area contributed by atoms with Gasteiger partial charge < -0.3 is 0 Å². The minimum atomic E-state index is -1.73. The number of allylic oxidation sites excluding steroid dienone is 2. The first-order valence-corrected chi connectivity index (χ1v) is 13.1. The zero-order valence-electron chi connectivity index (χ0n) is 15.0. The Morgan fingerprint density at radius 2 is 1.36 bits per heavy atom. The summed E-state index contributed by atoms with van der Waals surface area (Å²) < 4.78 is 1.21. The monoisotopic (exact) mass is 428 g/mol. The summed E-state index contributed by atoms with van der Waals surface area (Å²) in [6.45, 7) is 9.68. The van der Waals surface area contributed by atoms with Crippen LogP contribution in [0.15, 0.2) is 52.0 Å². The summed E-state index contributed by atoms with van der Waals surface area (Å²) in [6.07, 6.45) is 4.69. The van der Waals surface area contributed by atoms with E-state index in [0.29, 0.717) is 11.1 Å². The van der Waals surface area contributed by atoms with E-state index in [9.17, 15) is 0 Å². The van der Waals surface area contributed by atoms with E-state index in [2.05, 4.69) is 85.4 Å². The van der Waals surface area contributed by atoms with Gasteiger partial charge in [0.2, 0.25) is 0 Å². The third kappa shape index (κ3) is 2.53. The second kappa shape index (κ2) is 5.97. The first-order valence-electron chi connectivity index (χ1n) is 8.75. The molecule has 0 radical (unpaired) electrons. The molecular formula is C22H22BrClSi. The lowest BCUT2D eigenvalue weighted by molar-refractivity contribution is 0.968. The van der Waals surface area contributed by atoms with Gasteiger partial charge in [0, 0.05) is 20.6 Å². The first-order chi connectivity index (χ1) is 11.8. The Labute approximate surface area is 164 Å². The van der Waals surface area contributed by atoms with Crippen LogP contribution in [0.4, 0.5) is 0 Å². The third-order valence-electron chi connectivity index (χ3n) is 5.94. The highest BCUT2D eigenvalue weighted by Gasteiger charge is 2.46. The molecule has 2 aromatic carbocycles. The summed E-state index contributed by atoms with van der Waals surface area (Å²) in [5.74, 6) is 0. The third-order valence-corrected chi connectivity index (χ3v) is 11.5. The standard InChI is InChI=1S/C22H22BrClSi/c1-13-11-17-15(7-5-9-19(17)23)21(13)25(3,4)22-14(2)12-18-16(22)8-6-10-20(18)24/h5-12,21-22H,1-4H3. The molecule has 0 spiro atoms. The summed E-state index contributed by atoms with van der Waals surface area (Å²) in [5, 5.41) is 0.881. The molecule has 2 aromatic rings. The van der Waals surface area contributed by atoms with Crippen molar-refractivity contribution in [3.05, 3.63) is 79.3 Å². The topological polar surface area (TPSA) is 0 Å². The van der Waals surface area contributed by atoms with E-state index in [1.54, 1.807) is 0 Å². The number of hydrogen-bond donors (Lipinski definition) is 0. The van der Waals surface area contributed by atoms with Crippen LogP contribution < -0.4 is 0 Å². The Hall–Kier alpha value is -1.09. The van der Waals surface area contributed by atoms with Crippen LogP contribution in [-0.4, -0.2) is 8.07 Å². The Balaban J connectivity index is 1.86. The predicted molar refractivity (Wildman–Crippen MR) is 116 cm³/mol. The van der Waals surface area contributed by atoms with Gasteiger partial charge in [0.05, 0.1) is 8.07 Å². The summed E-state index contributed by atoms with van der Waals surface area (Å²) in [7, 11) is -1.73. The molecule has 0 saturated carbocycles.